The second kappa shape index (κ2) is 8.16. The molecule has 9 heteroatoms. The van der Waals surface area contributed by atoms with Crippen LogP contribution in [0.3, 0.4) is 0 Å². The number of hydrogen-bond acceptors (Lipinski definition) is 6. The first-order chi connectivity index (χ1) is 14.5. The molecule has 0 atom stereocenters. The van der Waals surface area contributed by atoms with Gasteiger partial charge in [0.2, 0.25) is 11.7 Å². The summed E-state index contributed by atoms with van der Waals surface area (Å²) in [5.74, 6) is 0.697. The van der Waals surface area contributed by atoms with Gasteiger partial charge in [0.1, 0.15) is 23.8 Å². The minimum absolute atomic E-state index is 0.00564. The number of anilines is 1. The lowest BCUT2D eigenvalue weighted by atomic mass is 10.2. The van der Waals surface area contributed by atoms with E-state index >= 15 is 0 Å². The Kier molecular flexibility index (Phi) is 5.25. The van der Waals surface area contributed by atoms with E-state index in [0.717, 1.165) is 11.3 Å². The van der Waals surface area contributed by atoms with Gasteiger partial charge in [-0.05, 0) is 48.9 Å². The molecular formula is C21H18FN5O3. The zero-order chi connectivity index (χ0) is 21.1. The maximum Gasteiger partial charge on any atom is 0.258 e. The first kappa shape index (κ1) is 19.3. The number of nitrogens with one attached hydrogen (secondary N) is 1. The van der Waals surface area contributed by atoms with E-state index < -0.39 is 0 Å². The molecule has 0 bridgehead atoms. The highest BCUT2D eigenvalue weighted by Gasteiger charge is 2.14. The number of ether oxygens (including phenoxy) is 1. The van der Waals surface area contributed by atoms with E-state index in [1.165, 1.54) is 12.4 Å². The lowest BCUT2D eigenvalue weighted by molar-refractivity contribution is -0.116. The highest BCUT2D eigenvalue weighted by atomic mass is 19.1. The first-order valence-corrected chi connectivity index (χ1v) is 9.08. The van der Waals surface area contributed by atoms with Gasteiger partial charge in [0, 0.05) is 17.4 Å². The molecule has 0 aliphatic rings. The summed E-state index contributed by atoms with van der Waals surface area (Å²) in [5.41, 5.74) is 2.12. The van der Waals surface area contributed by atoms with Crippen LogP contribution in [0.5, 0.6) is 5.75 Å². The number of methoxy groups -OCH3 is 1. The van der Waals surface area contributed by atoms with Gasteiger partial charge in [-0.25, -0.2) is 9.37 Å². The van der Waals surface area contributed by atoms with Crippen LogP contribution < -0.4 is 10.1 Å². The Morgan fingerprint density at radius 2 is 2.03 bits per heavy atom. The molecule has 1 N–H and O–H groups in total. The predicted octanol–water partition coefficient (Wildman–Crippen LogP) is 3.69. The molecule has 152 valence electrons. The van der Waals surface area contributed by atoms with Gasteiger partial charge in [0.05, 0.1) is 13.4 Å². The average Bonchev–Trinajstić information content (AvgIpc) is 3.40. The Hall–Kier alpha value is -4.01. The molecule has 0 aliphatic carbocycles. The summed E-state index contributed by atoms with van der Waals surface area (Å²) >= 11 is 0. The molecule has 0 spiro atoms. The number of aryl methyl sites for hydroxylation is 1. The highest BCUT2D eigenvalue weighted by Crippen LogP contribution is 2.23. The number of carbonyl (C=O) groups is 1. The molecule has 2 heterocycles. The van der Waals surface area contributed by atoms with Crippen LogP contribution in [0.1, 0.15) is 5.56 Å². The average molecular weight is 407 g/mol. The van der Waals surface area contributed by atoms with Crippen molar-refractivity contribution in [2.24, 2.45) is 0 Å². The van der Waals surface area contributed by atoms with Crippen LogP contribution >= 0.6 is 0 Å². The van der Waals surface area contributed by atoms with Crippen molar-refractivity contribution < 1.29 is 18.4 Å². The summed E-state index contributed by atoms with van der Waals surface area (Å²) in [4.78, 5) is 20.8. The maximum atomic E-state index is 13.6. The van der Waals surface area contributed by atoms with Crippen molar-refractivity contribution in [1.82, 2.24) is 19.7 Å². The smallest absolute Gasteiger partial charge is 0.258 e. The zero-order valence-corrected chi connectivity index (χ0v) is 16.3. The Morgan fingerprint density at radius 3 is 2.77 bits per heavy atom. The molecule has 0 radical (unpaired) electrons. The number of aromatic nitrogens is 4. The zero-order valence-electron chi connectivity index (χ0n) is 16.3. The quantitative estimate of drug-likeness (QED) is 0.524. The van der Waals surface area contributed by atoms with Crippen molar-refractivity contribution in [2.75, 3.05) is 12.4 Å². The highest BCUT2D eigenvalue weighted by molar-refractivity contribution is 5.90. The van der Waals surface area contributed by atoms with Crippen molar-refractivity contribution >= 4 is 11.6 Å². The number of nitrogens with zero attached hydrogens (tertiary/aromatic N) is 4. The van der Waals surface area contributed by atoms with Gasteiger partial charge in [-0.2, -0.15) is 4.98 Å². The van der Waals surface area contributed by atoms with Gasteiger partial charge in [0.15, 0.2) is 0 Å². The van der Waals surface area contributed by atoms with Crippen LogP contribution in [-0.2, 0) is 11.3 Å². The monoisotopic (exact) mass is 407 g/mol. The van der Waals surface area contributed by atoms with Gasteiger partial charge < -0.3 is 19.1 Å². The fourth-order valence-electron chi connectivity index (χ4n) is 2.78. The predicted molar refractivity (Wildman–Crippen MR) is 107 cm³/mol. The van der Waals surface area contributed by atoms with Gasteiger partial charge in [-0.1, -0.05) is 11.2 Å². The lowest BCUT2D eigenvalue weighted by Crippen LogP contribution is -2.18. The summed E-state index contributed by atoms with van der Waals surface area (Å²) in [7, 11) is 1.59. The van der Waals surface area contributed by atoms with Crippen LogP contribution in [0.4, 0.5) is 10.1 Å². The summed E-state index contributed by atoms with van der Waals surface area (Å²) in [6, 6.07) is 11.8. The summed E-state index contributed by atoms with van der Waals surface area (Å²) in [6.07, 6.45) is 3.13. The number of imidazole rings is 1. The minimum atomic E-state index is -0.373. The molecule has 4 aromatic rings. The third-order valence-corrected chi connectivity index (χ3v) is 4.41. The Bertz CT molecular complexity index is 1180. The van der Waals surface area contributed by atoms with Crippen molar-refractivity contribution in [2.45, 2.75) is 13.5 Å². The van der Waals surface area contributed by atoms with E-state index in [1.807, 2.05) is 12.1 Å². The van der Waals surface area contributed by atoms with Crippen LogP contribution in [0.15, 0.2) is 59.5 Å². The normalized spacial score (nSPS) is 10.8. The third-order valence-electron chi connectivity index (χ3n) is 4.41. The van der Waals surface area contributed by atoms with E-state index in [4.69, 9.17) is 9.26 Å². The van der Waals surface area contributed by atoms with Crippen LogP contribution in [0, 0.1) is 12.7 Å². The van der Waals surface area contributed by atoms with E-state index in [0.29, 0.717) is 28.7 Å². The van der Waals surface area contributed by atoms with Crippen LogP contribution in [0.25, 0.3) is 23.0 Å². The van der Waals surface area contributed by atoms with Gasteiger partial charge in [0.25, 0.3) is 5.89 Å². The topological polar surface area (TPSA) is 95.1 Å². The first-order valence-electron chi connectivity index (χ1n) is 9.08. The second-order valence-electron chi connectivity index (χ2n) is 6.60. The van der Waals surface area contributed by atoms with E-state index in [-0.39, 0.29) is 18.3 Å². The van der Waals surface area contributed by atoms with E-state index in [1.54, 1.807) is 49.1 Å². The molecule has 0 saturated carbocycles. The van der Waals surface area contributed by atoms with Gasteiger partial charge in [-0.3, -0.25) is 4.79 Å². The number of rotatable bonds is 6. The number of halogens is 1. The third kappa shape index (κ3) is 4.19. The van der Waals surface area contributed by atoms with Crippen LogP contribution in [0.2, 0.25) is 0 Å². The SMILES string of the molecule is COc1ccc(-c2nc(-c3cn(CC(=O)Nc4ccc(C)c(F)c4)cn3)no2)cc1. The number of carbonyl (C=O) groups excluding carboxylic acids is 1. The Morgan fingerprint density at radius 1 is 1.23 bits per heavy atom. The molecule has 4 rings (SSSR count). The van der Waals surface area contributed by atoms with Crippen molar-refractivity contribution in [1.29, 1.82) is 0 Å². The van der Waals surface area contributed by atoms with Crippen LogP contribution in [-0.4, -0.2) is 32.7 Å². The molecule has 0 fully saturated rings. The van der Waals surface area contributed by atoms with Gasteiger partial charge >= 0.3 is 0 Å². The lowest BCUT2D eigenvalue weighted by Gasteiger charge is -2.06. The molecular weight excluding hydrogens is 389 g/mol. The molecule has 0 saturated heterocycles. The fourth-order valence-corrected chi connectivity index (χ4v) is 2.78. The standard InChI is InChI=1S/C21H18FN5O3/c1-13-3-6-15(9-17(13)22)24-19(28)11-27-10-18(23-12-27)20-25-21(30-26-20)14-4-7-16(29-2)8-5-14/h3-10,12H,11H2,1-2H3,(H,24,28). The molecule has 1 amide bonds. The molecule has 0 unspecified atom stereocenters. The van der Waals surface area contributed by atoms with E-state index in [2.05, 4.69) is 20.4 Å². The Labute approximate surface area is 171 Å². The summed E-state index contributed by atoms with van der Waals surface area (Å²) in [6.45, 7) is 1.66. The second-order valence-corrected chi connectivity index (χ2v) is 6.60. The summed E-state index contributed by atoms with van der Waals surface area (Å²) in [5, 5.41) is 6.60. The van der Waals surface area contributed by atoms with Gasteiger partial charge in [-0.15, -0.1) is 0 Å². The number of amides is 1. The number of hydrogen-bond donors (Lipinski definition) is 1. The minimum Gasteiger partial charge on any atom is -0.497 e. The molecule has 2 aromatic carbocycles. The van der Waals surface area contributed by atoms with Crippen molar-refractivity contribution in [3.05, 3.63) is 66.4 Å². The van der Waals surface area contributed by atoms with Crippen molar-refractivity contribution in [3.63, 3.8) is 0 Å². The molecule has 8 nitrogen and oxygen atoms in total. The fraction of sp³-hybridized carbons (Fsp3) is 0.143. The van der Waals surface area contributed by atoms with Crippen molar-refractivity contribution in [3.8, 4) is 28.7 Å². The largest absolute Gasteiger partial charge is 0.497 e. The number of benzene rings is 2. The van der Waals surface area contributed by atoms with E-state index in [9.17, 15) is 9.18 Å². The molecule has 30 heavy (non-hydrogen) atoms. The maximum absolute atomic E-state index is 13.6. The summed E-state index contributed by atoms with van der Waals surface area (Å²) < 4.78 is 25.6. The Balaban J connectivity index is 1.43. The molecule has 2 aromatic heterocycles. The molecule has 0 aliphatic heterocycles.